The lowest BCUT2D eigenvalue weighted by Gasteiger charge is -2.32. The van der Waals surface area contributed by atoms with Crippen LogP contribution in [-0.2, 0) is 35.4 Å². The molecule has 1 aromatic heterocycles. The number of cyclic esters (lactones) is 1. The largest absolute Gasteiger partial charge is 0.460 e. The lowest BCUT2D eigenvalue weighted by molar-refractivity contribution is -0.159. The average Bonchev–Trinajstić information content (AvgIpc) is 3.64. The second-order valence-corrected chi connectivity index (χ2v) is 15.2. The number of aliphatic hydroxyl groups is 2. The molecule has 1 unspecified atom stereocenters. The summed E-state index contributed by atoms with van der Waals surface area (Å²) >= 11 is 0. The first-order chi connectivity index (χ1) is 23.1. The van der Waals surface area contributed by atoms with Crippen LogP contribution in [0.2, 0.25) is 0 Å². The van der Waals surface area contributed by atoms with Gasteiger partial charge >= 0.3 is 5.97 Å². The van der Waals surface area contributed by atoms with Crippen LogP contribution in [0.4, 0.5) is 0 Å². The Morgan fingerprint density at radius 1 is 1.12 bits per heavy atom. The van der Waals surface area contributed by atoms with Gasteiger partial charge in [0.2, 0.25) is 11.8 Å². The van der Waals surface area contributed by atoms with Crippen molar-refractivity contribution in [1.29, 1.82) is 0 Å². The molecular weight excluding hydrogens is 656 g/mol. The molecule has 0 radical (unpaired) electrons. The van der Waals surface area contributed by atoms with Gasteiger partial charge in [0, 0.05) is 31.8 Å². The van der Waals surface area contributed by atoms with Crippen molar-refractivity contribution < 1.29 is 47.0 Å². The van der Waals surface area contributed by atoms with Gasteiger partial charge in [0.15, 0.2) is 15.5 Å². The second kappa shape index (κ2) is 17.8. The zero-order chi connectivity index (χ0) is 36.5. The number of hydrogen-bond donors (Lipinski definition) is 3. The standard InChI is InChI=1S/C34H50N4O10S/c1-7-37(8-2)14-15-49(45,46)27-19-30(42)38-31(27)34(44)48-32(21(3)4)23(6)11-12-28(41)35-13-9-10-22(5)16-24(39)17-25(40)18-29-36-26(20-47-29)33(38)43/h9-12,16,20-21,23-24,27,30-32,39,42H,7-8,13-15,17-19H2,1-6H3,(H,35,41)/b10-9+,12-11+,22-16+/t23-,24-,27-,30?,31-,32-/m1/s1. The van der Waals surface area contributed by atoms with Crippen LogP contribution in [0.1, 0.15) is 70.8 Å². The van der Waals surface area contributed by atoms with E-state index < -0.39 is 75.5 Å². The van der Waals surface area contributed by atoms with E-state index in [9.17, 15) is 37.8 Å². The maximum absolute atomic E-state index is 14.0. The Labute approximate surface area is 288 Å². The SMILES string of the molecule is CCN(CC)CCS(=O)(=O)[C@@H]1CC(O)N2C(=O)c3coc(n3)CC(=O)C[C@H](O)/C=C(C)/C=C/CNC(=O)/C=C/[C@@H](C)[C@@H](C(C)C)OC(=O)[C@@H]12. The van der Waals surface area contributed by atoms with E-state index in [4.69, 9.17) is 9.15 Å². The molecular formula is C34H50N4O10S. The lowest BCUT2D eigenvalue weighted by atomic mass is 9.94. The van der Waals surface area contributed by atoms with Crippen molar-refractivity contribution in [2.45, 2.75) is 90.5 Å². The summed E-state index contributed by atoms with van der Waals surface area (Å²) in [4.78, 5) is 59.8. The smallest absolute Gasteiger partial charge is 0.330 e. The number of sulfone groups is 1. The van der Waals surface area contributed by atoms with Crippen LogP contribution in [0.25, 0.3) is 0 Å². The highest BCUT2D eigenvalue weighted by molar-refractivity contribution is 7.92. The van der Waals surface area contributed by atoms with Crippen LogP contribution in [0.15, 0.2) is 46.6 Å². The molecule has 272 valence electrons. The Bertz CT molecular complexity index is 1530. The maximum Gasteiger partial charge on any atom is 0.330 e. The van der Waals surface area contributed by atoms with Gasteiger partial charge in [0.1, 0.15) is 30.4 Å². The number of ketones is 1. The van der Waals surface area contributed by atoms with Gasteiger partial charge in [-0.1, -0.05) is 64.5 Å². The number of aromatic nitrogens is 1. The molecule has 2 aliphatic heterocycles. The predicted molar refractivity (Wildman–Crippen MR) is 181 cm³/mol. The van der Waals surface area contributed by atoms with Crippen molar-refractivity contribution >= 4 is 33.4 Å². The molecule has 1 saturated heterocycles. The van der Waals surface area contributed by atoms with Crippen LogP contribution in [0.3, 0.4) is 0 Å². The molecule has 0 saturated carbocycles. The van der Waals surface area contributed by atoms with Crippen LogP contribution in [0.5, 0.6) is 0 Å². The van der Waals surface area contributed by atoms with E-state index in [1.54, 1.807) is 45.9 Å². The Balaban J connectivity index is 2.04. The van der Waals surface area contributed by atoms with Crippen LogP contribution < -0.4 is 5.32 Å². The van der Waals surface area contributed by atoms with E-state index in [0.29, 0.717) is 18.7 Å². The van der Waals surface area contributed by atoms with Crippen molar-refractivity contribution in [2.24, 2.45) is 11.8 Å². The Morgan fingerprint density at radius 3 is 2.47 bits per heavy atom. The van der Waals surface area contributed by atoms with Crippen LogP contribution >= 0.6 is 0 Å². The van der Waals surface area contributed by atoms with Crippen molar-refractivity contribution in [3.05, 3.63) is 53.8 Å². The minimum Gasteiger partial charge on any atom is -0.460 e. The van der Waals surface area contributed by atoms with Crippen molar-refractivity contribution in [1.82, 2.24) is 20.1 Å². The molecule has 2 aliphatic rings. The number of carbonyl (C=O) groups excluding carboxylic acids is 4. The third-order valence-electron chi connectivity index (χ3n) is 8.70. The summed E-state index contributed by atoms with van der Waals surface area (Å²) in [6.07, 6.45) is 4.06. The van der Waals surface area contributed by atoms with Crippen molar-refractivity contribution in [3.8, 4) is 0 Å². The van der Waals surface area contributed by atoms with Crippen molar-refractivity contribution in [2.75, 3.05) is 31.9 Å². The second-order valence-electron chi connectivity index (χ2n) is 12.8. The lowest BCUT2D eigenvalue weighted by Crippen LogP contribution is -2.52. The van der Waals surface area contributed by atoms with E-state index in [0.717, 1.165) is 11.2 Å². The van der Waals surface area contributed by atoms with Gasteiger partial charge in [-0.15, -0.1) is 0 Å². The minimum atomic E-state index is -4.07. The molecule has 0 aliphatic carbocycles. The summed E-state index contributed by atoms with van der Waals surface area (Å²) in [6.45, 7) is 12.5. The van der Waals surface area contributed by atoms with Crippen molar-refractivity contribution in [3.63, 3.8) is 0 Å². The number of Topliss-reactive ketones (excluding diaryl/α,β-unsaturated/α-hetero) is 1. The fourth-order valence-corrected chi connectivity index (χ4v) is 7.93. The highest BCUT2D eigenvalue weighted by Crippen LogP contribution is 2.33. The summed E-state index contributed by atoms with van der Waals surface area (Å²) in [6, 6.07) is -1.72. The first kappa shape index (κ1) is 39.8. The Morgan fingerprint density at radius 2 is 1.82 bits per heavy atom. The van der Waals surface area contributed by atoms with Gasteiger partial charge < -0.3 is 29.6 Å². The number of aliphatic hydroxyl groups excluding tert-OH is 2. The molecule has 3 heterocycles. The van der Waals surface area contributed by atoms with Crippen LogP contribution in [-0.4, -0.2) is 119 Å². The van der Waals surface area contributed by atoms with Gasteiger partial charge in [0.25, 0.3) is 5.91 Å². The number of oxazole rings is 1. The molecule has 0 spiro atoms. The number of nitrogens with zero attached hydrogens (tertiary/aromatic N) is 3. The first-order valence-corrected chi connectivity index (χ1v) is 18.4. The molecule has 3 rings (SSSR count). The topological polar surface area (TPSA) is 197 Å². The van der Waals surface area contributed by atoms with Gasteiger partial charge in [0.05, 0.1) is 23.5 Å². The Hall–Kier alpha value is -3.66. The number of ether oxygens (including phenoxy) is 1. The molecule has 49 heavy (non-hydrogen) atoms. The van der Waals surface area contributed by atoms with Crippen LogP contribution in [0, 0.1) is 11.8 Å². The summed E-state index contributed by atoms with van der Waals surface area (Å²) in [5, 5.41) is 22.8. The fraction of sp³-hybridized carbons (Fsp3) is 0.618. The number of hydrogen-bond acceptors (Lipinski definition) is 12. The molecule has 3 N–H and O–H groups in total. The summed E-state index contributed by atoms with van der Waals surface area (Å²) in [5.74, 6) is -4.07. The highest BCUT2D eigenvalue weighted by atomic mass is 32.2. The molecule has 1 aromatic rings. The molecule has 14 nitrogen and oxygen atoms in total. The molecule has 2 amide bonds. The number of fused-ring (bicyclic) bond motifs is 3. The van der Waals surface area contributed by atoms with Gasteiger partial charge in [-0.2, -0.15) is 0 Å². The summed E-state index contributed by atoms with van der Waals surface area (Å²) < 4.78 is 38.8. The number of allylic oxidation sites excluding steroid dienone is 2. The van der Waals surface area contributed by atoms with E-state index in [2.05, 4.69) is 10.3 Å². The quantitative estimate of drug-likeness (QED) is 0.347. The maximum atomic E-state index is 14.0. The number of amides is 2. The van der Waals surface area contributed by atoms with Gasteiger partial charge in [-0.05, 0) is 32.0 Å². The van der Waals surface area contributed by atoms with Gasteiger partial charge in [-0.3, -0.25) is 19.3 Å². The average molecular weight is 707 g/mol. The van der Waals surface area contributed by atoms with E-state index >= 15 is 0 Å². The third-order valence-corrected chi connectivity index (χ3v) is 10.8. The Kier molecular flexibility index (Phi) is 14.5. The highest BCUT2D eigenvalue weighted by Gasteiger charge is 2.54. The molecule has 0 aromatic carbocycles. The molecule has 1 fully saturated rings. The first-order valence-electron chi connectivity index (χ1n) is 16.7. The monoisotopic (exact) mass is 706 g/mol. The van der Waals surface area contributed by atoms with E-state index in [1.165, 1.54) is 12.2 Å². The van der Waals surface area contributed by atoms with E-state index in [1.807, 2.05) is 18.7 Å². The number of carbonyl (C=O) groups is 4. The zero-order valence-corrected chi connectivity index (χ0v) is 29.9. The molecule has 2 bridgehead atoms. The normalized spacial score (nSPS) is 29.3. The summed E-state index contributed by atoms with van der Waals surface area (Å²) in [7, 11) is -4.07. The number of nitrogens with one attached hydrogen (secondary N) is 1. The van der Waals surface area contributed by atoms with Gasteiger partial charge in [-0.25, -0.2) is 18.2 Å². The van der Waals surface area contributed by atoms with E-state index in [-0.39, 0.29) is 49.2 Å². The fourth-order valence-electron chi connectivity index (χ4n) is 6.01. The zero-order valence-electron chi connectivity index (χ0n) is 29.1. The number of esters is 1. The third kappa shape index (κ3) is 10.9. The number of rotatable bonds is 7. The molecule has 6 atom stereocenters. The minimum absolute atomic E-state index is 0.132. The predicted octanol–water partition coefficient (Wildman–Crippen LogP) is 1.59. The molecule has 15 heteroatoms. The summed E-state index contributed by atoms with van der Waals surface area (Å²) in [5.41, 5.74) is 0.318.